The Labute approximate surface area is 189 Å². The minimum Gasteiger partial charge on any atom is -0.326 e. The van der Waals surface area contributed by atoms with E-state index in [-0.39, 0.29) is 29.2 Å². The monoisotopic (exact) mass is 466 g/mol. The molecule has 3 N–H and O–H groups in total. The first kappa shape index (κ1) is 22.4. The van der Waals surface area contributed by atoms with Gasteiger partial charge in [0.15, 0.2) is 5.65 Å². The molecule has 0 fully saturated rings. The molecule has 0 saturated heterocycles. The van der Waals surface area contributed by atoms with Gasteiger partial charge in [-0.15, -0.1) is 0 Å². The molecule has 0 aliphatic heterocycles. The van der Waals surface area contributed by atoms with E-state index in [2.05, 4.69) is 25.1 Å². The first-order valence-corrected chi connectivity index (χ1v) is 11.6. The van der Waals surface area contributed by atoms with E-state index in [0.717, 1.165) is 5.69 Å². The summed E-state index contributed by atoms with van der Waals surface area (Å²) in [6.45, 7) is 1.67. The van der Waals surface area contributed by atoms with Crippen molar-refractivity contribution in [1.29, 1.82) is 0 Å². The Morgan fingerprint density at radius 1 is 1.15 bits per heavy atom. The molecule has 2 aromatic carbocycles. The number of nitrogens with one attached hydrogen (secondary N) is 3. The molecule has 1 amide bonds. The number of aromatic nitrogens is 4. The lowest BCUT2D eigenvalue weighted by Crippen LogP contribution is -2.20. The molecule has 0 spiro atoms. The van der Waals surface area contributed by atoms with Crippen LogP contribution in [0.2, 0.25) is 0 Å². The maximum absolute atomic E-state index is 12.5. The lowest BCUT2D eigenvalue weighted by atomic mass is 10.2. The zero-order valence-electron chi connectivity index (χ0n) is 18.0. The van der Waals surface area contributed by atoms with Crippen LogP contribution in [0.4, 0.5) is 5.69 Å². The van der Waals surface area contributed by atoms with E-state index in [1.165, 1.54) is 19.3 Å². The molecular formula is C22H22N6O4S. The van der Waals surface area contributed by atoms with Crippen molar-refractivity contribution in [3.63, 3.8) is 0 Å². The maximum atomic E-state index is 12.5. The second-order valence-corrected chi connectivity index (χ2v) is 9.23. The lowest BCUT2D eigenvalue weighted by molar-refractivity contribution is -0.116. The number of aryl methyl sites for hydroxylation is 2. The molecular weight excluding hydrogens is 444 g/mol. The number of carbonyl (C=O) groups is 1. The Morgan fingerprint density at radius 2 is 1.91 bits per heavy atom. The summed E-state index contributed by atoms with van der Waals surface area (Å²) in [5, 5.41) is 7.30. The van der Waals surface area contributed by atoms with Crippen molar-refractivity contribution in [2.24, 2.45) is 0 Å². The van der Waals surface area contributed by atoms with Gasteiger partial charge in [0.25, 0.3) is 5.56 Å². The summed E-state index contributed by atoms with van der Waals surface area (Å²) in [5.74, 6) is 0.00802. The molecule has 0 bridgehead atoms. The maximum Gasteiger partial charge on any atom is 0.262 e. The van der Waals surface area contributed by atoms with Crippen LogP contribution in [0, 0.1) is 6.92 Å². The number of hydrogen-bond donors (Lipinski definition) is 3. The second kappa shape index (κ2) is 8.96. The molecule has 2 aromatic heterocycles. The number of carbonyl (C=O) groups excluding carboxylic acids is 1. The molecule has 0 atom stereocenters. The number of nitrogens with zero attached hydrogens (tertiary/aromatic N) is 3. The quantitative estimate of drug-likeness (QED) is 0.380. The Bertz CT molecular complexity index is 1490. The number of hydrogen-bond acceptors (Lipinski definition) is 6. The number of amides is 1. The van der Waals surface area contributed by atoms with Gasteiger partial charge < -0.3 is 10.3 Å². The summed E-state index contributed by atoms with van der Waals surface area (Å²) in [6, 6.07) is 14.0. The molecule has 0 radical (unpaired) electrons. The van der Waals surface area contributed by atoms with E-state index < -0.39 is 10.0 Å². The molecule has 2 heterocycles. The van der Waals surface area contributed by atoms with E-state index in [0.29, 0.717) is 28.1 Å². The molecule has 170 valence electrons. The Balaban J connectivity index is 1.52. The lowest BCUT2D eigenvalue weighted by Gasteiger charge is -2.10. The summed E-state index contributed by atoms with van der Waals surface area (Å²) in [7, 11) is -2.32. The van der Waals surface area contributed by atoms with E-state index in [9.17, 15) is 18.0 Å². The number of H-pyrrole nitrogens is 1. The Hall–Kier alpha value is -3.83. The fourth-order valence-electron chi connectivity index (χ4n) is 3.37. The molecule has 0 unspecified atom stereocenters. The van der Waals surface area contributed by atoms with E-state index >= 15 is 0 Å². The van der Waals surface area contributed by atoms with E-state index in [1.54, 1.807) is 23.7 Å². The van der Waals surface area contributed by atoms with Gasteiger partial charge in [-0.25, -0.2) is 22.8 Å². The van der Waals surface area contributed by atoms with Crippen LogP contribution in [0.25, 0.3) is 16.7 Å². The fourth-order valence-corrected chi connectivity index (χ4v) is 4.37. The number of aromatic amines is 1. The average Bonchev–Trinajstić information content (AvgIpc) is 3.24. The standard InChI is InChI=1S/C22H22N6O4S/c1-14-8-9-15(12-18(14)33(31,32)23-2)25-20(29)11-10-19-26-21-17(22(30)27-19)13-24-28(21)16-6-4-3-5-7-16/h3-9,12-13,23H,10-11H2,1-2H3,(H,25,29)(H,26,27,30). The molecule has 0 aliphatic carbocycles. The normalized spacial score (nSPS) is 11.6. The third-order valence-corrected chi connectivity index (χ3v) is 6.66. The summed E-state index contributed by atoms with van der Waals surface area (Å²) >= 11 is 0. The average molecular weight is 467 g/mol. The van der Waals surface area contributed by atoms with Crippen molar-refractivity contribution in [2.75, 3.05) is 12.4 Å². The van der Waals surface area contributed by atoms with Crippen LogP contribution in [0.15, 0.2) is 64.4 Å². The van der Waals surface area contributed by atoms with Gasteiger partial charge in [-0.2, -0.15) is 5.10 Å². The van der Waals surface area contributed by atoms with Crippen molar-refractivity contribution in [3.8, 4) is 5.69 Å². The smallest absolute Gasteiger partial charge is 0.262 e. The highest BCUT2D eigenvalue weighted by Gasteiger charge is 2.16. The predicted octanol–water partition coefficient (Wildman–Crippen LogP) is 1.90. The Kier molecular flexibility index (Phi) is 6.07. The molecule has 10 nitrogen and oxygen atoms in total. The fraction of sp³-hybridized carbons (Fsp3) is 0.182. The van der Waals surface area contributed by atoms with E-state index in [1.807, 2.05) is 30.3 Å². The van der Waals surface area contributed by atoms with Crippen molar-refractivity contribution < 1.29 is 13.2 Å². The van der Waals surface area contributed by atoms with Gasteiger partial charge in [-0.1, -0.05) is 24.3 Å². The van der Waals surface area contributed by atoms with Crippen LogP contribution >= 0.6 is 0 Å². The highest BCUT2D eigenvalue weighted by molar-refractivity contribution is 7.89. The summed E-state index contributed by atoms with van der Waals surface area (Å²) < 4.78 is 28.1. The minimum absolute atomic E-state index is 0.0376. The van der Waals surface area contributed by atoms with Crippen molar-refractivity contribution >= 4 is 32.7 Å². The van der Waals surface area contributed by atoms with Crippen molar-refractivity contribution in [3.05, 3.63) is 76.5 Å². The zero-order valence-corrected chi connectivity index (χ0v) is 18.8. The van der Waals surface area contributed by atoms with Gasteiger partial charge in [0.2, 0.25) is 15.9 Å². The first-order chi connectivity index (χ1) is 15.8. The third kappa shape index (κ3) is 4.69. The number of para-hydroxylation sites is 1. The number of sulfonamides is 1. The topological polar surface area (TPSA) is 139 Å². The molecule has 11 heteroatoms. The van der Waals surface area contributed by atoms with Crippen LogP contribution in [0.5, 0.6) is 0 Å². The predicted molar refractivity (Wildman–Crippen MR) is 124 cm³/mol. The SMILES string of the molecule is CNS(=O)(=O)c1cc(NC(=O)CCc2nc3c(cnn3-c3ccccc3)c(=O)[nH]2)ccc1C. The molecule has 0 aliphatic rings. The largest absolute Gasteiger partial charge is 0.326 e. The zero-order chi connectivity index (χ0) is 23.6. The van der Waals surface area contributed by atoms with Gasteiger partial charge in [-0.3, -0.25) is 9.59 Å². The number of fused-ring (bicyclic) bond motifs is 1. The van der Waals surface area contributed by atoms with Gasteiger partial charge in [-0.05, 0) is 43.8 Å². The van der Waals surface area contributed by atoms with Crippen molar-refractivity contribution in [2.45, 2.75) is 24.7 Å². The molecule has 0 saturated carbocycles. The third-order valence-electron chi connectivity index (χ3n) is 5.11. The van der Waals surface area contributed by atoms with E-state index in [4.69, 9.17) is 0 Å². The molecule has 33 heavy (non-hydrogen) atoms. The van der Waals surface area contributed by atoms with Crippen LogP contribution in [-0.2, 0) is 21.2 Å². The van der Waals surface area contributed by atoms with Crippen LogP contribution in [0.3, 0.4) is 0 Å². The summed E-state index contributed by atoms with van der Waals surface area (Å²) in [4.78, 5) is 32.2. The Morgan fingerprint density at radius 3 is 2.64 bits per heavy atom. The van der Waals surface area contributed by atoms with Crippen LogP contribution < -0.4 is 15.6 Å². The number of anilines is 1. The van der Waals surface area contributed by atoms with Crippen LogP contribution in [-0.4, -0.2) is 41.1 Å². The molecule has 4 aromatic rings. The highest BCUT2D eigenvalue weighted by Crippen LogP contribution is 2.20. The first-order valence-electron chi connectivity index (χ1n) is 10.1. The van der Waals surface area contributed by atoms with Gasteiger partial charge in [0.1, 0.15) is 11.2 Å². The highest BCUT2D eigenvalue weighted by atomic mass is 32.2. The van der Waals surface area contributed by atoms with Crippen LogP contribution in [0.1, 0.15) is 17.8 Å². The minimum atomic E-state index is -3.65. The second-order valence-electron chi connectivity index (χ2n) is 7.38. The summed E-state index contributed by atoms with van der Waals surface area (Å²) in [5.41, 5.74) is 1.76. The number of benzene rings is 2. The molecule has 4 rings (SSSR count). The van der Waals surface area contributed by atoms with Gasteiger partial charge in [0.05, 0.1) is 16.8 Å². The van der Waals surface area contributed by atoms with Gasteiger partial charge >= 0.3 is 0 Å². The number of rotatable bonds is 7. The van der Waals surface area contributed by atoms with Crippen molar-refractivity contribution in [1.82, 2.24) is 24.5 Å². The summed E-state index contributed by atoms with van der Waals surface area (Å²) in [6.07, 6.45) is 1.68. The van der Waals surface area contributed by atoms with Gasteiger partial charge in [0, 0.05) is 18.5 Å².